The standard InChI is InChI=1S/C14H21NO/c1-4-16-14-7-5-6-13(11(14)2)12-8-9-15(3)10-12/h5-7,12H,4,8-10H2,1-3H3. The summed E-state index contributed by atoms with van der Waals surface area (Å²) in [6, 6.07) is 6.44. The van der Waals surface area contributed by atoms with Gasteiger partial charge < -0.3 is 9.64 Å². The first-order valence-electron chi connectivity index (χ1n) is 6.13. The fourth-order valence-electron chi connectivity index (χ4n) is 2.57. The van der Waals surface area contributed by atoms with Crippen LogP contribution < -0.4 is 4.74 Å². The first-order valence-corrected chi connectivity index (χ1v) is 6.13. The van der Waals surface area contributed by atoms with E-state index in [0.717, 1.165) is 12.4 Å². The van der Waals surface area contributed by atoms with Gasteiger partial charge in [-0.2, -0.15) is 0 Å². The molecule has 1 fully saturated rings. The molecule has 0 saturated carbocycles. The van der Waals surface area contributed by atoms with Crippen molar-refractivity contribution in [1.82, 2.24) is 4.90 Å². The summed E-state index contributed by atoms with van der Waals surface area (Å²) in [7, 11) is 2.20. The molecule has 2 heteroatoms. The van der Waals surface area contributed by atoms with Gasteiger partial charge in [0.2, 0.25) is 0 Å². The van der Waals surface area contributed by atoms with Gasteiger partial charge in [0.05, 0.1) is 6.61 Å². The number of nitrogens with zero attached hydrogens (tertiary/aromatic N) is 1. The van der Waals surface area contributed by atoms with Crippen LogP contribution in [0.15, 0.2) is 18.2 Å². The third-order valence-electron chi connectivity index (χ3n) is 3.46. The highest BCUT2D eigenvalue weighted by molar-refractivity contribution is 5.41. The largest absolute Gasteiger partial charge is 0.494 e. The Morgan fingerprint density at radius 3 is 2.88 bits per heavy atom. The van der Waals surface area contributed by atoms with E-state index in [1.54, 1.807) is 0 Å². The van der Waals surface area contributed by atoms with Gasteiger partial charge in [-0.15, -0.1) is 0 Å². The van der Waals surface area contributed by atoms with Crippen LogP contribution in [0.5, 0.6) is 5.75 Å². The summed E-state index contributed by atoms with van der Waals surface area (Å²) in [6.07, 6.45) is 1.27. The first-order chi connectivity index (χ1) is 7.72. The molecule has 0 amide bonds. The third-order valence-corrected chi connectivity index (χ3v) is 3.46. The van der Waals surface area contributed by atoms with E-state index in [0.29, 0.717) is 5.92 Å². The van der Waals surface area contributed by atoms with Crippen molar-refractivity contribution in [1.29, 1.82) is 0 Å². The number of hydrogen-bond acceptors (Lipinski definition) is 2. The average Bonchev–Trinajstić information content (AvgIpc) is 2.68. The average molecular weight is 219 g/mol. The smallest absolute Gasteiger partial charge is 0.122 e. The fraction of sp³-hybridized carbons (Fsp3) is 0.571. The molecule has 0 radical (unpaired) electrons. The molecule has 0 aromatic heterocycles. The van der Waals surface area contributed by atoms with Crippen molar-refractivity contribution >= 4 is 0 Å². The Morgan fingerprint density at radius 2 is 2.25 bits per heavy atom. The molecule has 1 saturated heterocycles. The fourth-order valence-corrected chi connectivity index (χ4v) is 2.57. The van der Waals surface area contributed by atoms with E-state index in [1.165, 1.54) is 30.6 Å². The van der Waals surface area contributed by atoms with Gasteiger partial charge in [0.25, 0.3) is 0 Å². The zero-order valence-corrected chi connectivity index (χ0v) is 10.5. The Balaban J connectivity index is 2.23. The summed E-state index contributed by atoms with van der Waals surface area (Å²) in [5.74, 6) is 1.74. The molecule has 0 aliphatic carbocycles. The second-order valence-corrected chi connectivity index (χ2v) is 4.65. The van der Waals surface area contributed by atoms with Crippen molar-refractivity contribution in [3.8, 4) is 5.75 Å². The molecule has 1 aliphatic rings. The van der Waals surface area contributed by atoms with Crippen molar-refractivity contribution in [3.63, 3.8) is 0 Å². The highest BCUT2D eigenvalue weighted by Gasteiger charge is 2.23. The number of likely N-dealkylation sites (N-methyl/N-ethyl adjacent to an activating group) is 1. The zero-order valence-electron chi connectivity index (χ0n) is 10.5. The van der Waals surface area contributed by atoms with Gasteiger partial charge in [0.15, 0.2) is 0 Å². The van der Waals surface area contributed by atoms with Crippen LogP contribution in [0.3, 0.4) is 0 Å². The summed E-state index contributed by atoms with van der Waals surface area (Å²) in [4.78, 5) is 2.40. The molecule has 0 spiro atoms. The highest BCUT2D eigenvalue weighted by Crippen LogP contribution is 2.32. The third kappa shape index (κ3) is 2.22. The Kier molecular flexibility index (Phi) is 3.49. The predicted octanol–water partition coefficient (Wildman–Crippen LogP) is 2.81. The lowest BCUT2D eigenvalue weighted by Crippen LogP contribution is -2.13. The molecule has 1 unspecified atom stereocenters. The highest BCUT2D eigenvalue weighted by atomic mass is 16.5. The minimum atomic E-state index is 0.686. The first kappa shape index (κ1) is 11.5. The number of benzene rings is 1. The van der Waals surface area contributed by atoms with Crippen LogP contribution in [-0.2, 0) is 0 Å². The molecule has 1 aliphatic heterocycles. The maximum Gasteiger partial charge on any atom is 0.122 e. The molecule has 2 rings (SSSR count). The van der Waals surface area contributed by atoms with E-state index >= 15 is 0 Å². The van der Waals surface area contributed by atoms with Gasteiger partial charge in [0.1, 0.15) is 5.75 Å². The van der Waals surface area contributed by atoms with Gasteiger partial charge >= 0.3 is 0 Å². The predicted molar refractivity (Wildman–Crippen MR) is 67.2 cm³/mol. The monoisotopic (exact) mass is 219 g/mol. The SMILES string of the molecule is CCOc1cccc(C2CCN(C)C2)c1C. The molecule has 2 nitrogen and oxygen atoms in total. The molecule has 1 heterocycles. The van der Waals surface area contributed by atoms with Crippen LogP contribution >= 0.6 is 0 Å². The molecular formula is C14H21NO. The van der Waals surface area contributed by atoms with Crippen molar-refractivity contribution in [3.05, 3.63) is 29.3 Å². The van der Waals surface area contributed by atoms with Gasteiger partial charge in [0, 0.05) is 6.54 Å². The van der Waals surface area contributed by atoms with E-state index < -0.39 is 0 Å². The van der Waals surface area contributed by atoms with Crippen molar-refractivity contribution in [2.24, 2.45) is 0 Å². The van der Waals surface area contributed by atoms with Crippen LogP contribution in [-0.4, -0.2) is 31.6 Å². The second-order valence-electron chi connectivity index (χ2n) is 4.65. The van der Waals surface area contributed by atoms with Crippen LogP contribution in [0.2, 0.25) is 0 Å². The summed E-state index contributed by atoms with van der Waals surface area (Å²) in [5.41, 5.74) is 2.79. The minimum Gasteiger partial charge on any atom is -0.494 e. The Labute approximate surface area is 98.2 Å². The topological polar surface area (TPSA) is 12.5 Å². The number of hydrogen-bond donors (Lipinski definition) is 0. The van der Waals surface area contributed by atoms with E-state index in [-0.39, 0.29) is 0 Å². The lowest BCUT2D eigenvalue weighted by Gasteiger charge is -2.16. The summed E-state index contributed by atoms with van der Waals surface area (Å²) in [5, 5.41) is 0. The molecule has 0 bridgehead atoms. The van der Waals surface area contributed by atoms with E-state index in [2.05, 4.69) is 37.1 Å². The number of rotatable bonds is 3. The molecule has 16 heavy (non-hydrogen) atoms. The lowest BCUT2D eigenvalue weighted by molar-refractivity contribution is 0.337. The van der Waals surface area contributed by atoms with Gasteiger partial charge in [-0.05, 0) is 57.0 Å². The maximum atomic E-state index is 5.65. The van der Waals surface area contributed by atoms with Crippen molar-refractivity contribution < 1.29 is 4.74 Å². The van der Waals surface area contributed by atoms with Crippen molar-refractivity contribution in [2.45, 2.75) is 26.2 Å². The normalized spacial score (nSPS) is 21.3. The van der Waals surface area contributed by atoms with E-state index in [9.17, 15) is 0 Å². The van der Waals surface area contributed by atoms with Gasteiger partial charge in [-0.25, -0.2) is 0 Å². The lowest BCUT2D eigenvalue weighted by atomic mass is 9.93. The van der Waals surface area contributed by atoms with Crippen LogP contribution in [0.1, 0.15) is 30.4 Å². The number of likely N-dealkylation sites (tertiary alicyclic amines) is 1. The van der Waals surface area contributed by atoms with Crippen molar-refractivity contribution in [2.75, 3.05) is 26.7 Å². The molecule has 88 valence electrons. The van der Waals surface area contributed by atoms with Crippen LogP contribution in [0, 0.1) is 6.92 Å². The molecule has 0 N–H and O–H groups in total. The van der Waals surface area contributed by atoms with E-state index in [1.807, 2.05) is 6.92 Å². The van der Waals surface area contributed by atoms with E-state index in [4.69, 9.17) is 4.74 Å². The Hall–Kier alpha value is -1.02. The summed E-state index contributed by atoms with van der Waals surface area (Å²) < 4.78 is 5.65. The maximum absolute atomic E-state index is 5.65. The molecular weight excluding hydrogens is 198 g/mol. The minimum absolute atomic E-state index is 0.686. The summed E-state index contributed by atoms with van der Waals surface area (Å²) in [6.45, 7) is 7.35. The molecule has 1 aromatic carbocycles. The zero-order chi connectivity index (χ0) is 11.5. The van der Waals surface area contributed by atoms with Gasteiger partial charge in [-0.1, -0.05) is 12.1 Å². The second kappa shape index (κ2) is 4.88. The Bertz CT molecular complexity index is 362. The Morgan fingerprint density at radius 1 is 1.44 bits per heavy atom. The number of ether oxygens (including phenoxy) is 1. The summed E-state index contributed by atoms with van der Waals surface area (Å²) >= 11 is 0. The quantitative estimate of drug-likeness (QED) is 0.775. The molecule has 1 atom stereocenters. The van der Waals surface area contributed by atoms with Crippen LogP contribution in [0.4, 0.5) is 0 Å². The van der Waals surface area contributed by atoms with Crippen LogP contribution in [0.25, 0.3) is 0 Å². The molecule has 1 aromatic rings. The van der Waals surface area contributed by atoms with Gasteiger partial charge in [-0.3, -0.25) is 0 Å².